The van der Waals surface area contributed by atoms with Crippen LogP contribution in [0.1, 0.15) is 23.2 Å². The molecule has 3 heterocycles. The zero-order valence-electron chi connectivity index (χ0n) is 21.0. The molecule has 0 spiro atoms. The number of hydrogen-bond donors (Lipinski definition) is 0. The molecule has 0 atom stereocenters. The topological polar surface area (TPSA) is 86.7 Å². The van der Waals surface area contributed by atoms with Gasteiger partial charge in [-0.1, -0.05) is 36.4 Å². The first-order valence-electron chi connectivity index (χ1n) is 13.0. The van der Waals surface area contributed by atoms with E-state index in [1.807, 2.05) is 24.3 Å². The van der Waals surface area contributed by atoms with E-state index in [0.717, 1.165) is 29.9 Å². The number of piperazine rings is 1. The van der Waals surface area contributed by atoms with E-state index < -0.39 is 10.0 Å². The molecule has 3 aromatic carbocycles. The highest BCUT2D eigenvalue weighted by Gasteiger charge is 2.28. The smallest absolute Gasteiger partial charge is 0.253 e. The van der Waals surface area contributed by atoms with Gasteiger partial charge < -0.3 is 9.80 Å². The summed E-state index contributed by atoms with van der Waals surface area (Å²) in [6.07, 6.45) is 1.78. The van der Waals surface area contributed by atoms with Crippen molar-refractivity contribution in [3.63, 3.8) is 0 Å². The maximum Gasteiger partial charge on any atom is 0.253 e. The highest BCUT2D eigenvalue weighted by atomic mass is 32.2. The van der Waals surface area contributed by atoms with Crippen molar-refractivity contribution >= 4 is 32.5 Å². The van der Waals surface area contributed by atoms with Gasteiger partial charge in [0.05, 0.1) is 10.6 Å². The first-order chi connectivity index (χ1) is 18.5. The molecule has 0 aliphatic carbocycles. The van der Waals surface area contributed by atoms with Crippen LogP contribution in [-0.4, -0.2) is 73.0 Å². The summed E-state index contributed by atoms with van der Waals surface area (Å²) in [6.45, 7) is 3.53. The van der Waals surface area contributed by atoms with Crippen molar-refractivity contribution < 1.29 is 13.2 Å². The number of rotatable bonds is 5. The van der Waals surface area contributed by atoms with E-state index in [1.165, 1.54) is 15.1 Å². The van der Waals surface area contributed by atoms with Gasteiger partial charge in [-0.3, -0.25) is 4.79 Å². The van der Waals surface area contributed by atoms with E-state index in [2.05, 4.69) is 45.4 Å². The Balaban J connectivity index is 1.08. The number of aromatic nitrogens is 2. The van der Waals surface area contributed by atoms with Crippen LogP contribution in [0.2, 0.25) is 0 Å². The van der Waals surface area contributed by atoms with Crippen molar-refractivity contribution in [3.05, 3.63) is 84.4 Å². The zero-order chi connectivity index (χ0) is 26.1. The summed E-state index contributed by atoms with van der Waals surface area (Å²) in [5.74, 6) is 0.700. The Kier molecular flexibility index (Phi) is 6.55. The Morgan fingerprint density at radius 1 is 0.711 bits per heavy atom. The average molecular weight is 528 g/mol. The quantitative estimate of drug-likeness (QED) is 0.389. The van der Waals surface area contributed by atoms with Gasteiger partial charge in [-0.25, -0.2) is 8.42 Å². The third kappa shape index (κ3) is 4.75. The maximum absolute atomic E-state index is 13.1. The lowest BCUT2D eigenvalue weighted by Gasteiger charge is -2.35. The highest BCUT2D eigenvalue weighted by molar-refractivity contribution is 7.89. The molecule has 0 bridgehead atoms. The normalized spacial score (nSPS) is 16.7. The van der Waals surface area contributed by atoms with Gasteiger partial charge in [0.2, 0.25) is 10.0 Å². The van der Waals surface area contributed by atoms with Gasteiger partial charge in [0.1, 0.15) is 0 Å². The van der Waals surface area contributed by atoms with Gasteiger partial charge in [-0.2, -0.15) is 4.31 Å². The van der Waals surface area contributed by atoms with Gasteiger partial charge >= 0.3 is 0 Å². The van der Waals surface area contributed by atoms with Crippen LogP contribution in [0.15, 0.2) is 83.8 Å². The molecule has 0 unspecified atom stereocenters. The molecule has 38 heavy (non-hydrogen) atoms. The Hall–Kier alpha value is -3.82. The van der Waals surface area contributed by atoms with Crippen molar-refractivity contribution in [3.8, 4) is 11.3 Å². The van der Waals surface area contributed by atoms with E-state index in [9.17, 15) is 13.2 Å². The molecule has 1 aromatic heterocycles. The summed E-state index contributed by atoms with van der Waals surface area (Å²) in [7, 11) is -3.49. The summed E-state index contributed by atoms with van der Waals surface area (Å²) in [4.78, 5) is 17.3. The second kappa shape index (κ2) is 10.2. The first-order valence-corrected chi connectivity index (χ1v) is 14.4. The molecule has 0 saturated carbocycles. The van der Waals surface area contributed by atoms with Crippen LogP contribution in [0, 0.1) is 0 Å². The summed E-state index contributed by atoms with van der Waals surface area (Å²) < 4.78 is 27.0. The molecule has 8 nitrogen and oxygen atoms in total. The molecule has 4 aromatic rings. The molecule has 2 aliphatic rings. The summed E-state index contributed by atoms with van der Waals surface area (Å²) >= 11 is 0. The minimum absolute atomic E-state index is 0.0903. The largest absolute Gasteiger partial charge is 0.352 e. The van der Waals surface area contributed by atoms with Gasteiger partial charge in [0.25, 0.3) is 5.91 Å². The number of carbonyl (C=O) groups excluding carboxylic acids is 1. The fourth-order valence-corrected chi connectivity index (χ4v) is 6.68. The Bertz CT molecular complexity index is 1560. The second-order valence-electron chi connectivity index (χ2n) is 9.75. The molecule has 2 saturated heterocycles. The average Bonchev–Trinajstić information content (AvgIpc) is 3.53. The van der Waals surface area contributed by atoms with E-state index in [-0.39, 0.29) is 10.8 Å². The van der Waals surface area contributed by atoms with Crippen molar-refractivity contribution in [2.75, 3.05) is 44.2 Å². The van der Waals surface area contributed by atoms with Crippen LogP contribution in [0.3, 0.4) is 0 Å². The SMILES string of the molecule is O=C(c1ccc(S(=O)(=O)N2CCCC2)cc1)N1CCN(c2ccc(-c3ccc4ccccc4c3)nn2)CC1. The van der Waals surface area contributed by atoms with E-state index >= 15 is 0 Å². The fraction of sp³-hybridized carbons (Fsp3) is 0.276. The Morgan fingerprint density at radius 3 is 2.11 bits per heavy atom. The lowest BCUT2D eigenvalue weighted by Crippen LogP contribution is -2.49. The third-order valence-corrected chi connectivity index (χ3v) is 9.30. The van der Waals surface area contributed by atoms with Crippen LogP contribution >= 0.6 is 0 Å². The van der Waals surface area contributed by atoms with Crippen LogP contribution in [-0.2, 0) is 10.0 Å². The van der Waals surface area contributed by atoms with Gasteiger partial charge in [0, 0.05) is 50.4 Å². The van der Waals surface area contributed by atoms with Gasteiger partial charge in [-0.15, -0.1) is 10.2 Å². The van der Waals surface area contributed by atoms with Gasteiger partial charge in [-0.05, 0) is 66.1 Å². The Morgan fingerprint density at radius 2 is 1.42 bits per heavy atom. The van der Waals surface area contributed by atoms with Gasteiger partial charge in [0.15, 0.2) is 5.82 Å². The second-order valence-corrected chi connectivity index (χ2v) is 11.7. The number of anilines is 1. The molecule has 0 radical (unpaired) electrons. The number of carbonyl (C=O) groups is 1. The molecule has 0 N–H and O–H groups in total. The molecule has 2 fully saturated rings. The Labute approximate surface area is 222 Å². The van der Waals surface area contributed by atoms with Crippen molar-refractivity contribution in [1.82, 2.24) is 19.4 Å². The van der Waals surface area contributed by atoms with Crippen molar-refractivity contribution in [2.45, 2.75) is 17.7 Å². The third-order valence-electron chi connectivity index (χ3n) is 7.39. The molecule has 9 heteroatoms. The lowest BCUT2D eigenvalue weighted by atomic mass is 10.1. The number of fused-ring (bicyclic) bond motifs is 1. The number of nitrogens with zero attached hydrogens (tertiary/aromatic N) is 5. The number of hydrogen-bond acceptors (Lipinski definition) is 6. The highest BCUT2D eigenvalue weighted by Crippen LogP contribution is 2.25. The molecule has 6 rings (SSSR count). The predicted octanol–water partition coefficient (Wildman–Crippen LogP) is 4.04. The molecule has 2 aliphatic heterocycles. The van der Waals surface area contributed by atoms with Crippen LogP contribution in [0.4, 0.5) is 5.82 Å². The summed E-state index contributed by atoms with van der Waals surface area (Å²) in [5, 5.41) is 11.3. The summed E-state index contributed by atoms with van der Waals surface area (Å²) in [6, 6.07) is 24.8. The van der Waals surface area contributed by atoms with E-state index in [0.29, 0.717) is 44.8 Å². The first kappa shape index (κ1) is 24.5. The number of benzene rings is 3. The lowest BCUT2D eigenvalue weighted by molar-refractivity contribution is 0.0746. The fourth-order valence-electron chi connectivity index (χ4n) is 5.16. The molecular weight excluding hydrogens is 498 g/mol. The van der Waals surface area contributed by atoms with Crippen LogP contribution in [0.25, 0.3) is 22.0 Å². The molecule has 1 amide bonds. The maximum atomic E-state index is 13.1. The summed E-state index contributed by atoms with van der Waals surface area (Å²) in [5.41, 5.74) is 2.35. The molecule has 194 valence electrons. The monoisotopic (exact) mass is 527 g/mol. The molecular formula is C29H29N5O3S. The predicted molar refractivity (Wildman–Crippen MR) is 148 cm³/mol. The van der Waals surface area contributed by atoms with Crippen LogP contribution < -0.4 is 4.90 Å². The standard InChI is InChI=1S/C29H29N5O3S/c35-29(23-9-11-26(12-10-23)38(36,37)34-15-3-4-16-34)33-19-17-32(18-20-33)28-14-13-27(30-31-28)25-8-7-22-5-1-2-6-24(22)21-25/h1-2,5-14,21H,3-4,15-20H2. The number of sulfonamides is 1. The minimum atomic E-state index is -3.49. The number of amides is 1. The van der Waals surface area contributed by atoms with Crippen molar-refractivity contribution in [2.24, 2.45) is 0 Å². The van der Waals surface area contributed by atoms with Crippen LogP contribution in [0.5, 0.6) is 0 Å². The minimum Gasteiger partial charge on any atom is -0.352 e. The van der Waals surface area contributed by atoms with Crippen molar-refractivity contribution in [1.29, 1.82) is 0 Å². The zero-order valence-corrected chi connectivity index (χ0v) is 21.8. The van der Waals surface area contributed by atoms with E-state index in [1.54, 1.807) is 29.2 Å². The van der Waals surface area contributed by atoms with E-state index in [4.69, 9.17) is 0 Å².